The molecule has 1 fully saturated rings. The molecule has 0 aliphatic carbocycles. The van der Waals surface area contributed by atoms with Crippen molar-refractivity contribution in [1.29, 1.82) is 0 Å². The number of rotatable bonds is 5. The molecular weight excluding hydrogens is 250 g/mol. The molecule has 1 aromatic heterocycles. The highest BCUT2D eigenvalue weighted by molar-refractivity contribution is 7.12. The first-order valence-electron chi connectivity index (χ1n) is 6.08. The Morgan fingerprint density at radius 1 is 1.56 bits per heavy atom. The standard InChI is InChI=1S/C13H19NO3S/c1-13(5-6-17-9-13)14-8-11-4-3-10(18-11)7-12(15)16-2/h3-4,14H,5-9H2,1-2H3. The van der Waals surface area contributed by atoms with Gasteiger partial charge < -0.3 is 14.8 Å². The summed E-state index contributed by atoms with van der Waals surface area (Å²) in [6.07, 6.45) is 1.41. The van der Waals surface area contributed by atoms with Crippen LogP contribution in [0.25, 0.3) is 0 Å². The van der Waals surface area contributed by atoms with Crippen LogP contribution in [0.3, 0.4) is 0 Å². The lowest BCUT2D eigenvalue weighted by molar-refractivity contribution is -0.139. The topological polar surface area (TPSA) is 47.6 Å². The fourth-order valence-electron chi connectivity index (χ4n) is 1.93. The lowest BCUT2D eigenvalue weighted by Crippen LogP contribution is -2.42. The highest BCUT2D eigenvalue weighted by Crippen LogP contribution is 2.21. The number of hydrogen-bond donors (Lipinski definition) is 1. The van der Waals surface area contributed by atoms with Gasteiger partial charge in [-0.3, -0.25) is 4.79 Å². The third-order valence-electron chi connectivity index (χ3n) is 3.17. The summed E-state index contributed by atoms with van der Waals surface area (Å²) in [6, 6.07) is 4.06. The van der Waals surface area contributed by atoms with Gasteiger partial charge in [0.1, 0.15) is 0 Å². The quantitative estimate of drug-likeness (QED) is 0.827. The second kappa shape index (κ2) is 5.82. The number of nitrogens with one attached hydrogen (secondary N) is 1. The van der Waals surface area contributed by atoms with Gasteiger partial charge >= 0.3 is 5.97 Å². The molecule has 1 aliphatic rings. The molecule has 0 amide bonds. The molecule has 2 rings (SSSR count). The van der Waals surface area contributed by atoms with Gasteiger partial charge in [0, 0.05) is 28.4 Å². The molecule has 0 aromatic carbocycles. The Kier molecular flexibility index (Phi) is 4.37. The highest BCUT2D eigenvalue weighted by Gasteiger charge is 2.28. The average molecular weight is 269 g/mol. The molecule has 0 saturated carbocycles. The van der Waals surface area contributed by atoms with Gasteiger partial charge in [0.25, 0.3) is 0 Å². The van der Waals surface area contributed by atoms with Crippen LogP contribution in [0.2, 0.25) is 0 Å². The second-order valence-corrected chi connectivity index (χ2v) is 6.09. The molecule has 1 N–H and O–H groups in total. The summed E-state index contributed by atoms with van der Waals surface area (Å²) in [4.78, 5) is 13.4. The van der Waals surface area contributed by atoms with Gasteiger partial charge in [-0.25, -0.2) is 0 Å². The SMILES string of the molecule is COC(=O)Cc1ccc(CNC2(C)CCOC2)s1. The third kappa shape index (κ3) is 3.54. The number of esters is 1. The molecule has 1 unspecified atom stereocenters. The van der Waals surface area contributed by atoms with Crippen molar-refractivity contribution in [3.05, 3.63) is 21.9 Å². The van der Waals surface area contributed by atoms with Crippen molar-refractivity contribution in [3.8, 4) is 0 Å². The van der Waals surface area contributed by atoms with Crippen molar-refractivity contribution in [2.45, 2.75) is 31.8 Å². The molecule has 2 heterocycles. The van der Waals surface area contributed by atoms with Crippen LogP contribution >= 0.6 is 11.3 Å². The first kappa shape index (κ1) is 13.5. The fraction of sp³-hybridized carbons (Fsp3) is 0.615. The number of ether oxygens (including phenoxy) is 2. The minimum Gasteiger partial charge on any atom is -0.469 e. The number of methoxy groups -OCH3 is 1. The van der Waals surface area contributed by atoms with E-state index < -0.39 is 0 Å². The molecule has 100 valence electrons. The summed E-state index contributed by atoms with van der Waals surface area (Å²) in [5, 5.41) is 3.52. The van der Waals surface area contributed by atoms with Crippen LogP contribution in [0.1, 0.15) is 23.1 Å². The molecule has 0 bridgehead atoms. The maximum Gasteiger partial charge on any atom is 0.310 e. The van der Waals surface area contributed by atoms with E-state index in [9.17, 15) is 4.79 Å². The van der Waals surface area contributed by atoms with Crippen molar-refractivity contribution >= 4 is 17.3 Å². The van der Waals surface area contributed by atoms with Crippen LogP contribution in [-0.2, 0) is 27.2 Å². The van der Waals surface area contributed by atoms with Crippen LogP contribution in [0, 0.1) is 0 Å². The molecular formula is C13H19NO3S. The zero-order valence-electron chi connectivity index (χ0n) is 10.8. The predicted molar refractivity (Wildman–Crippen MR) is 70.7 cm³/mol. The van der Waals surface area contributed by atoms with Gasteiger partial charge in [0.05, 0.1) is 20.1 Å². The summed E-state index contributed by atoms with van der Waals surface area (Å²) in [7, 11) is 1.42. The lowest BCUT2D eigenvalue weighted by atomic mass is 10.0. The number of carbonyl (C=O) groups is 1. The monoisotopic (exact) mass is 269 g/mol. The maximum atomic E-state index is 11.2. The Hall–Kier alpha value is -0.910. The molecule has 4 nitrogen and oxygen atoms in total. The summed E-state index contributed by atoms with van der Waals surface area (Å²) < 4.78 is 10.1. The zero-order valence-corrected chi connectivity index (χ0v) is 11.6. The molecule has 1 atom stereocenters. The largest absolute Gasteiger partial charge is 0.469 e. The lowest BCUT2D eigenvalue weighted by Gasteiger charge is -2.23. The summed E-state index contributed by atoms with van der Waals surface area (Å²) in [6.45, 7) is 4.61. The van der Waals surface area contributed by atoms with E-state index in [0.29, 0.717) is 6.42 Å². The normalized spacial score (nSPS) is 23.2. The Morgan fingerprint density at radius 2 is 2.33 bits per heavy atom. The summed E-state index contributed by atoms with van der Waals surface area (Å²) >= 11 is 1.65. The predicted octanol–water partition coefficient (Wildman–Crippen LogP) is 1.73. The molecule has 1 saturated heterocycles. The van der Waals surface area contributed by atoms with Gasteiger partial charge in [-0.15, -0.1) is 11.3 Å². The van der Waals surface area contributed by atoms with Crippen LogP contribution in [0.15, 0.2) is 12.1 Å². The van der Waals surface area contributed by atoms with Crippen molar-refractivity contribution in [2.75, 3.05) is 20.3 Å². The molecule has 1 aromatic rings. The van der Waals surface area contributed by atoms with Crippen LogP contribution in [0.4, 0.5) is 0 Å². The first-order chi connectivity index (χ1) is 8.61. The van der Waals surface area contributed by atoms with E-state index in [2.05, 4.69) is 23.0 Å². The van der Waals surface area contributed by atoms with E-state index >= 15 is 0 Å². The number of thiophene rings is 1. The van der Waals surface area contributed by atoms with Gasteiger partial charge in [0.15, 0.2) is 0 Å². The average Bonchev–Trinajstić information content (AvgIpc) is 2.97. The summed E-state index contributed by atoms with van der Waals surface area (Å²) in [5.41, 5.74) is 0.0898. The van der Waals surface area contributed by atoms with Gasteiger partial charge in [-0.1, -0.05) is 0 Å². The molecule has 0 spiro atoms. The van der Waals surface area contributed by atoms with E-state index in [0.717, 1.165) is 31.1 Å². The number of hydrogen-bond acceptors (Lipinski definition) is 5. The van der Waals surface area contributed by atoms with Gasteiger partial charge in [-0.05, 0) is 25.5 Å². The van der Waals surface area contributed by atoms with Crippen molar-refractivity contribution in [2.24, 2.45) is 0 Å². The fourth-order valence-corrected chi connectivity index (χ4v) is 2.88. The third-order valence-corrected chi connectivity index (χ3v) is 4.26. The van der Waals surface area contributed by atoms with Crippen LogP contribution in [0.5, 0.6) is 0 Å². The summed E-state index contributed by atoms with van der Waals surface area (Å²) in [5.74, 6) is -0.187. The number of carbonyl (C=O) groups excluding carboxylic acids is 1. The second-order valence-electron chi connectivity index (χ2n) is 4.84. The van der Waals surface area contributed by atoms with Crippen LogP contribution < -0.4 is 5.32 Å². The van der Waals surface area contributed by atoms with Crippen molar-refractivity contribution in [1.82, 2.24) is 5.32 Å². The van der Waals surface area contributed by atoms with E-state index in [-0.39, 0.29) is 11.5 Å². The van der Waals surface area contributed by atoms with Crippen molar-refractivity contribution < 1.29 is 14.3 Å². The van der Waals surface area contributed by atoms with Crippen LogP contribution in [-0.4, -0.2) is 31.8 Å². The smallest absolute Gasteiger partial charge is 0.310 e. The molecule has 0 radical (unpaired) electrons. The van der Waals surface area contributed by atoms with Gasteiger partial charge in [-0.2, -0.15) is 0 Å². The molecule has 18 heavy (non-hydrogen) atoms. The highest BCUT2D eigenvalue weighted by atomic mass is 32.1. The molecule has 1 aliphatic heterocycles. The Morgan fingerprint density at radius 3 is 3.00 bits per heavy atom. The van der Waals surface area contributed by atoms with E-state index in [1.54, 1.807) is 11.3 Å². The zero-order chi connectivity index (χ0) is 13.0. The molecule has 5 heteroatoms. The maximum absolute atomic E-state index is 11.2. The van der Waals surface area contributed by atoms with E-state index in [1.807, 2.05) is 6.07 Å². The Balaban J connectivity index is 1.85. The van der Waals surface area contributed by atoms with Crippen molar-refractivity contribution in [3.63, 3.8) is 0 Å². The first-order valence-corrected chi connectivity index (χ1v) is 6.90. The van der Waals surface area contributed by atoms with E-state index in [1.165, 1.54) is 12.0 Å². The minimum atomic E-state index is -0.187. The van der Waals surface area contributed by atoms with Gasteiger partial charge in [0.2, 0.25) is 0 Å². The Labute approximate surface area is 111 Å². The van der Waals surface area contributed by atoms with E-state index in [4.69, 9.17) is 4.74 Å². The Bertz CT molecular complexity index is 410. The minimum absolute atomic E-state index is 0.0898.